The molecule has 4 aromatic rings. The number of fused-ring (bicyclic) bond motifs is 1. The highest BCUT2D eigenvalue weighted by molar-refractivity contribution is 6.31. The number of amides is 2. The van der Waals surface area contributed by atoms with Gasteiger partial charge in [-0.2, -0.15) is 0 Å². The predicted octanol–water partition coefficient (Wildman–Crippen LogP) is 5.97. The SMILES string of the molecule is Cc1c(Cl)cccc1NC(=O)Nc1cccc(C(=O)c2cn(C3CCCC3)c3ncnc(N)c23)c1. The van der Waals surface area contributed by atoms with Gasteiger partial charge < -0.3 is 20.9 Å². The minimum Gasteiger partial charge on any atom is -0.383 e. The number of nitrogen functional groups attached to an aromatic ring is 1. The number of hydrogen-bond acceptors (Lipinski definition) is 5. The smallest absolute Gasteiger partial charge is 0.323 e. The minimum atomic E-state index is -0.435. The molecule has 1 aliphatic carbocycles. The molecule has 1 aliphatic rings. The van der Waals surface area contributed by atoms with E-state index in [2.05, 4.69) is 25.2 Å². The summed E-state index contributed by atoms with van der Waals surface area (Å²) in [6.45, 7) is 1.83. The zero-order chi connectivity index (χ0) is 24.5. The monoisotopic (exact) mass is 488 g/mol. The summed E-state index contributed by atoms with van der Waals surface area (Å²) in [6.07, 6.45) is 7.67. The molecule has 35 heavy (non-hydrogen) atoms. The van der Waals surface area contributed by atoms with E-state index in [1.54, 1.807) is 42.5 Å². The molecule has 0 saturated heterocycles. The molecule has 1 saturated carbocycles. The molecule has 2 heterocycles. The van der Waals surface area contributed by atoms with Gasteiger partial charge in [0.15, 0.2) is 5.78 Å². The molecule has 0 radical (unpaired) electrons. The van der Waals surface area contributed by atoms with E-state index in [-0.39, 0.29) is 11.6 Å². The Kier molecular flexibility index (Phi) is 6.13. The summed E-state index contributed by atoms with van der Waals surface area (Å²) in [5, 5.41) is 6.70. The zero-order valence-corrected chi connectivity index (χ0v) is 20.0. The van der Waals surface area contributed by atoms with Crippen molar-refractivity contribution in [3.8, 4) is 0 Å². The molecule has 0 bridgehead atoms. The van der Waals surface area contributed by atoms with Crippen molar-refractivity contribution in [1.82, 2.24) is 14.5 Å². The molecule has 2 amide bonds. The van der Waals surface area contributed by atoms with E-state index >= 15 is 0 Å². The van der Waals surface area contributed by atoms with Crippen LogP contribution in [0.2, 0.25) is 5.02 Å². The molecule has 0 unspecified atom stereocenters. The average molecular weight is 489 g/mol. The predicted molar refractivity (Wildman–Crippen MR) is 138 cm³/mol. The number of nitrogens with zero attached hydrogens (tertiary/aromatic N) is 3. The molecule has 178 valence electrons. The van der Waals surface area contributed by atoms with Crippen LogP contribution in [0, 0.1) is 6.92 Å². The summed E-state index contributed by atoms with van der Waals surface area (Å²) in [5.74, 6) is 0.0728. The second-order valence-corrected chi connectivity index (χ2v) is 9.15. The van der Waals surface area contributed by atoms with Crippen LogP contribution in [-0.4, -0.2) is 26.3 Å². The van der Waals surface area contributed by atoms with Crippen molar-refractivity contribution >= 4 is 51.6 Å². The van der Waals surface area contributed by atoms with Crippen molar-refractivity contribution in [2.24, 2.45) is 0 Å². The van der Waals surface area contributed by atoms with Gasteiger partial charge in [-0.15, -0.1) is 0 Å². The van der Waals surface area contributed by atoms with Gasteiger partial charge in [0, 0.05) is 34.2 Å². The van der Waals surface area contributed by atoms with E-state index in [0.717, 1.165) is 31.2 Å². The molecular formula is C26H25ClN6O2. The van der Waals surface area contributed by atoms with Crippen LogP contribution in [0.5, 0.6) is 0 Å². The lowest BCUT2D eigenvalue weighted by molar-refractivity contribution is 0.104. The second kappa shape index (κ2) is 9.38. The lowest BCUT2D eigenvalue weighted by Crippen LogP contribution is -2.20. The first-order valence-electron chi connectivity index (χ1n) is 11.5. The molecule has 0 aliphatic heterocycles. The summed E-state index contributed by atoms with van der Waals surface area (Å²) in [6, 6.07) is 12.0. The molecule has 0 atom stereocenters. The third-order valence-electron chi connectivity index (χ3n) is 6.50. The molecule has 9 heteroatoms. The highest BCUT2D eigenvalue weighted by Crippen LogP contribution is 2.35. The summed E-state index contributed by atoms with van der Waals surface area (Å²) in [4.78, 5) is 34.7. The molecule has 8 nitrogen and oxygen atoms in total. The number of urea groups is 1. The highest BCUT2D eigenvalue weighted by atomic mass is 35.5. The second-order valence-electron chi connectivity index (χ2n) is 8.75. The molecule has 1 fully saturated rings. The number of nitrogens with one attached hydrogen (secondary N) is 2. The fraction of sp³-hybridized carbons (Fsp3) is 0.231. The van der Waals surface area contributed by atoms with Crippen molar-refractivity contribution in [3.63, 3.8) is 0 Å². The first-order chi connectivity index (χ1) is 16.9. The maximum absolute atomic E-state index is 13.6. The van der Waals surface area contributed by atoms with E-state index in [0.29, 0.717) is 44.6 Å². The van der Waals surface area contributed by atoms with Crippen LogP contribution >= 0.6 is 11.6 Å². The maximum Gasteiger partial charge on any atom is 0.323 e. The summed E-state index contributed by atoms with van der Waals surface area (Å²) >= 11 is 6.14. The Morgan fingerprint density at radius 1 is 1.09 bits per heavy atom. The lowest BCUT2D eigenvalue weighted by atomic mass is 10.0. The van der Waals surface area contributed by atoms with E-state index in [1.165, 1.54) is 6.33 Å². The number of ketones is 1. The van der Waals surface area contributed by atoms with Gasteiger partial charge in [-0.05, 0) is 49.6 Å². The number of aromatic nitrogens is 3. The maximum atomic E-state index is 13.6. The largest absolute Gasteiger partial charge is 0.383 e. The van der Waals surface area contributed by atoms with Crippen molar-refractivity contribution in [2.75, 3.05) is 16.4 Å². The number of anilines is 3. The number of benzene rings is 2. The minimum absolute atomic E-state index is 0.206. The topological polar surface area (TPSA) is 115 Å². The van der Waals surface area contributed by atoms with Crippen LogP contribution in [-0.2, 0) is 0 Å². The summed E-state index contributed by atoms with van der Waals surface area (Å²) < 4.78 is 2.07. The first kappa shape index (κ1) is 22.9. The van der Waals surface area contributed by atoms with Crippen molar-refractivity contribution in [2.45, 2.75) is 38.6 Å². The number of carbonyl (C=O) groups is 2. The number of nitrogens with two attached hydrogens (primary N) is 1. The van der Waals surface area contributed by atoms with E-state index in [9.17, 15) is 9.59 Å². The molecular weight excluding hydrogens is 464 g/mol. The Hall–Kier alpha value is -3.91. The molecule has 2 aromatic carbocycles. The normalized spacial score (nSPS) is 13.8. The Labute approximate surface area is 207 Å². The van der Waals surface area contributed by atoms with Crippen LogP contribution in [0.4, 0.5) is 22.0 Å². The molecule has 2 aromatic heterocycles. The highest BCUT2D eigenvalue weighted by Gasteiger charge is 2.25. The fourth-order valence-electron chi connectivity index (χ4n) is 4.66. The average Bonchev–Trinajstić information content (AvgIpc) is 3.50. The van der Waals surface area contributed by atoms with Crippen molar-refractivity contribution < 1.29 is 9.59 Å². The third-order valence-corrected chi connectivity index (χ3v) is 6.91. The number of rotatable bonds is 5. The number of carbonyl (C=O) groups excluding carboxylic acids is 2. The van der Waals surface area contributed by atoms with Crippen molar-refractivity contribution in [1.29, 1.82) is 0 Å². The van der Waals surface area contributed by atoms with Crippen LogP contribution in [0.15, 0.2) is 55.0 Å². The van der Waals surface area contributed by atoms with Crippen LogP contribution in [0.1, 0.15) is 53.2 Å². The first-order valence-corrected chi connectivity index (χ1v) is 11.9. The Morgan fingerprint density at radius 2 is 1.86 bits per heavy atom. The van der Waals surface area contributed by atoms with Crippen LogP contribution in [0.3, 0.4) is 0 Å². The van der Waals surface area contributed by atoms with Crippen LogP contribution in [0.25, 0.3) is 11.0 Å². The standard InChI is InChI=1S/C26H25ClN6O2/c1-15-20(27)10-5-11-21(15)32-26(35)31-17-7-4-6-16(12-17)23(34)19-13-33(18-8-2-3-9-18)25-22(19)24(28)29-14-30-25/h4-7,10-14,18H,2-3,8-9H2,1H3,(H2,28,29,30)(H2,31,32,35). The third kappa shape index (κ3) is 4.44. The molecule has 0 spiro atoms. The number of halogens is 1. The van der Waals surface area contributed by atoms with Gasteiger partial charge in [-0.3, -0.25) is 4.79 Å². The Balaban J connectivity index is 1.42. The van der Waals surface area contributed by atoms with Gasteiger partial charge in [-0.1, -0.05) is 42.6 Å². The van der Waals surface area contributed by atoms with Crippen molar-refractivity contribution in [3.05, 3.63) is 76.7 Å². The van der Waals surface area contributed by atoms with Crippen LogP contribution < -0.4 is 16.4 Å². The summed E-state index contributed by atoms with van der Waals surface area (Å²) in [5.41, 5.74) is 9.61. The molecule has 5 rings (SSSR count). The van der Waals surface area contributed by atoms with E-state index in [4.69, 9.17) is 17.3 Å². The van der Waals surface area contributed by atoms with Gasteiger partial charge >= 0.3 is 6.03 Å². The van der Waals surface area contributed by atoms with Gasteiger partial charge in [-0.25, -0.2) is 14.8 Å². The zero-order valence-electron chi connectivity index (χ0n) is 19.2. The fourth-order valence-corrected chi connectivity index (χ4v) is 4.84. The number of hydrogen-bond donors (Lipinski definition) is 3. The summed E-state index contributed by atoms with van der Waals surface area (Å²) in [7, 11) is 0. The quantitative estimate of drug-likeness (QED) is 0.299. The van der Waals surface area contributed by atoms with Gasteiger partial charge in [0.05, 0.1) is 10.9 Å². The van der Waals surface area contributed by atoms with Gasteiger partial charge in [0.1, 0.15) is 17.8 Å². The van der Waals surface area contributed by atoms with E-state index in [1.807, 2.05) is 13.1 Å². The van der Waals surface area contributed by atoms with Gasteiger partial charge in [0.2, 0.25) is 0 Å². The van der Waals surface area contributed by atoms with Gasteiger partial charge in [0.25, 0.3) is 0 Å². The lowest BCUT2D eigenvalue weighted by Gasteiger charge is -2.12. The Bertz CT molecular complexity index is 1440. The van der Waals surface area contributed by atoms with E-state index < -0.39 is 6.03 Å². The Morgan fingerprint density at radius 3 is 2.66 bits per heavy atom. The molecule has 4 N–H and O–H groups in total.